The van der Waals surface area contributed by atoms with E-state index in [0.29, 0.717) is 0 Å². The van der Waals surface area contributed by atoms with Gasteiger partial charge in [0.2, 0.25) is 0 Å². The van der Waals surface area contributed by atoms with Crippen LogP contribution in [0.1, 0.15) is 0 Å². The summed E-state index contributed by atoms with van der Waals surface area (Å²) in [5.74, 6) is 0. The summed E-state index contributed by atoms with van der Waals surface area (Å²) in [7, 11) is -8.67. The topological polar surface area (TPSA) is 243 Å². The summed E-state index contributed by atoms with van der Waals surface area (Å²) in [6.45, 7) is 0. The molecule has 0 radical (unpaired) electrons. The largest absolute Gasteiger partial charge is 0.631 e. The maximum absolute atomic E-state index is 7.17. The van der Waals surface area contributed by atoms with Crippen LogP contribution in [0.25, 0.3) is 0 Å². The molecule has 0 saturated carbocycles. The maximum Gasteiger partial charge on any atom is 0.631 e. The Bertz CT molecular complexity index is 57.9. The van der Waals surface area contributed by atoms with E-state index < -0.39 is 29.3 Å². The molecule has 17 heavy (non-hydrogen) atoms. The van der Waals surface area contributed by atoms with Crippen molar-refractivity contribution in [2.24, 2.45) is 0 Å². The first-order valence-electron chi connectivity index (χ1n) is 3.10. The van der Waals surface area contributed by atoms with Gasteiger partial charge in [-0.1, -0.05) is 0 Å². The van der Waals surface area contributed by atoms with Crippen molar-refractivity contribution in [2.75, 3.05) is 0 Å². The Kier molecular flexibility index (Phi) is 44.1. The second-order valence-corrected chi connectivity index (χ2v) is 1.39. The SMILES string of the molecule is B.OB(O)O.OB(O)O.OB(O)O.OB(O)O. The zero-order valence-corrected chi connectivity index (χ0v) is 7.68. The summed E-state index contributed by atoms with van der Waals surface area (Å²) in [5.41, 5.74) is 0. The number of rotatable bonds is 0. The molecule has 0 aromatic heterocycles. The van der Waals surface area contributed by atoms with Gasteiger partial charge in [0.05, 0.1) is 8.41 Å². The smallest absolute Gasteiger partial charge is 0.402 e. The Labute approximate surface area is 99.0 Å². The fourth-order valence-electron chi connectivity index (χ4n) is 0. The van der Waals surface area contributed by atoms with Crippen LogP contribution in [-0.4, -0.2) is 98.0 Å². The molecule has 0 spiro atoms. The fourth-order valence-corrected chi connectivity index (χ4v) is 0. The van der Waals surface area contributed by atoms with Crippen LogP contribution in [0.3, 0.4) is 0 Å². The van der Waals surface area contributed by atoms with Crippen molar-refractivity contribution in [3.05, 3.63) is 0 Å². The van der Waals surface area contributed by atoms with Gasteiger partial charge >= 0.3 is 29.3 Å². The van der Waals surface area contributed by atoms with Gasteiger partial charge in [-0.25, -0.2) is 0 Å². The average Bonchev–Trinajstić information content (AvgIpc) is 1.76. The number of hydrogen-bond acceptors (Lipinski definition) is 12. The Balaban J connectivity index is -0.0000000369. The normalized spacial score (nSPS) is 6.35. The average molecular weight is 261 g/mol. The molecular formula is H15B5O12. The molecule has 0 unspecified atom stereocenters. The van der Waals surface area contributed by atoms with Gasteiger partial charge in [-0.2, -0.15) is 0 Å². The van der Waals surface area contributed by atoms with Crippen molar-refractivity contribution >= 4 is 37.7 Å². The first kappa shape index (κ1) is 30.1. The molecule has 12 N–H and O–H groups in total. The van der Waals surface area contributed by atoms with Gasteiger partial charge in [-0.3, -0.25) is 0 Å². The van der Waals surface area contributed by atoms with E-state index in [2.05, 4.69) is 0 Å². The third-order valence-electron chi connectivity index (χ3n) is 0. The summed E-state index contributed by atoms with van der Waals surface area (Å²) < 4.78 is 0. The van der Waals surface area contributed by atoms with Crippen molar-refractivity contribution in [3.63, 3.8) is 0 Å². The summed E-state index contributed by atoms with van der Waals surface area (Å²) in [6.07, 6.45) is 0. The summed E-state index contributed by atoms with van der Waals surface area (Å²) >= 11 is 0. The highest BCUT2D eigenvalue weighted by molar-refractivity contribution is 6.31. The van der Waals surface area contributed by atoms with Gasteiger partial charge in [-0.15, -0.1) is 0 Å². The minimum Gasteiger partial charge on any atom is -0.402 e. The molecule has 12 nitrogen and oxygen atoms in total. The zero-order chi connectivity index (χ0) is 14.3. The summed E-state index contributed by atoms with van der Waals surface area (Å²) in [4.78, 5) is 0. The highest BCUT2D eigenvalue weighted by atomic mass is 16.5. The first-order chi connectivity index (χ1) is 6.93. The van der Waals surface area contributed by atoms with Crippen LogP contribution in [-0.2, 0) is 0 Å². The molecule has 0 aromatic rings. The third kappa shape index (κ3) is 126000. The lowest BCUT2D eigenvalue weighted by Gasteiger charge is -1.69. The number of hydrogen-bond donors (Lipinski definition) is 12. The summed E-state index contributed by atoms with van der Waals surface area (Å²) in [6, 6.07) is 0. The molecule has 0 amide bonds. The predicted molar refractivity (Wildman–Crippen MR) is 59.6 cm³/mol. The zero-order valence-electron chi connectivity index (χ0n) is 7.68. The summed E-state index contributed by atoms with van der Waals surface area (Å²) in [5, 5.41) is 86.0. The van der Waals surface area contributed by atoms with Crippen LogP contribution in [0.5, 0.6) is 0 Å². The quantitative estimate of drug-likeness (QED) is 0.182. The van der Waals surface area contributed by atoms with Crippen molar-refractivity contribution in [1.82, 2.24) is 0 Å². The monoisotopic (exact) mass is 262 g/mol. The van der Waals surface area contributed by atoms with Crippen LogP contribution in [0.15, 0.2) is 0 Å². The first-order valence-corrected chi connectivity index (χ1v) is 3.10. The Morgan fingerprint density at radius 3 is 0.294 bits per heavy atom. The highest BCUT2D eigenvalue weighted by Crippen LogP contribution is 1.41. The van der Waals surface area contributed by atoms with E-state index in [-0.39, 0.29) is 8.41 Å². The molecule has 0 heterocycles. The lowest BCUT2D eigenvalue weighted by molar-refractivity contribution is 0.276. The molecule has 0 fully saturated rings. The van der Waals surface area contributed by atoms with Gasteiger partial charge in [0.25, 0.3) is 0 Å². The lowest BCUT2D eigenvalue weighted by atomic mass is 10.3. The van der Waals surface area contributed by atoms with Crippen LogP contribution in [0.2, 0.25) is 0 Å². The van der Waals surface area contributed by atoms with E-state index in [1.54, 1.807) is 0 Å². The van der Waals surface area contributed by atoms with E-state index in [1.165, 1.54) is 0 Å². The van der Waals surface area contributed by atoms with Crippen LogP contribution >= 0.6 is 0 Å². The molecule has 0 atom stereocenters. The Morgan fingerprint density at radius 1 is 0.294 bits per heavy atom. The van der Waals surface area contributed by atoms with Crippen LogP contribution in [0.4, 0.5) is 0 Å². The molecular weight excluding hydrogens is 246 g/mol. The van der Waals surface area contributed by atoms with Gasteiger partial charge in [0, 0.05) is 0 Å². The predicted octanol–water partition coefficient (Wildman–Crippen LogP) is -9.39. The van der Waals surface area contributed by atoms with E-state index in [9.17, 15) is 0 Å². The minimum absolute atomic E-state index is 0. The highest BCUT2D eigenvalue weighted by Gasteiger charge is 1.93. The third-order valence-corrected chi connectivity index (χ3v) is 0. The minimum atomic E-state index is -2.17. The Morgan fingerprint density at radius 2 is 0.294 bits per heavy atom. The molecule has 102 valence electrons. The van der Waals surface area contributed by atoms with Crippen molar-refractivity contribution in [1.29, 1.82) is 0 Å². The molecule has 0 aliphatic heterocycles. The second kappa shape index (κ2) is 24.9. The van der Waals surface area contributed by atoms with Gasteiger partial charge in [-0.05, 0) is 0 Å². The molecule has 0 rings (SSSR count). The van der Waals surface area contributed by atoms with Gasteiger partial charge in [0.1, 0.15) is 0 Å². The lowest BCUT2D eigenvalue weighted by Crippen LogP contribution is -2.07. The van der Waals surface area contributed by atoms with E-state index in [0.717, 1.165) is 0 Å². The van der Waals surface area contributed by atoms with Crippen molar-refractivity contribution in [2.45, 2.75) is 0 Å². The molecule has 0 bridgehead atoms. The van der Waals surface area contributed by atoms with Crippen LogP contribution < -0.4 is 0 Å². The van der Waals surface area contributed by atoms with Gasteiger partial charge in [0.15, 0.2) is 0 Å². The molecule has 0 aromatic carbocycles. The fraction of sp³-hybridized carbons (Fsp3) is 0. The van der Waals surface area contributed by atoms with Gasteiger partial charge < -0.3 is 60.3 Å². The Hall–Kier alpha value is -0.155. The van der Waals surface area contributed by atoms with E-state index in [4.69, 9.17) is 60.3 Å². The standard InChI is InChI=1S/4BH3O3.BH3/c4*2-1(3)4;/h4*2-4H;1H3. The van der Waals surface area contributed by atoms with E-state index >= 15 is 0 Å². The molecule has 0 saturated heterocycles. The molecule has 0 aliphatic rings. The molecule has 0 aliphatic carbocycles. The van der Waals surface area contributed by atoms with Crippen molar-refractivity contribution in [3.8, 4) is 0 Å². The van der Waals surface area contributed by atoms with Crippen LogP contribution in [0, 0.1) is 0 Å². The van der Waals surface area contributed by atoms with E-state index in [1.807, 2.05) is 0 Å². The van der Waals surface area contributed by atoms with Crippen molar-refractivity contribution < 1.29 is 60.3 Å². The maximum atomic E-state index is 7.17. The second-order valence-electron chi connectivity index (χ2n) is 1.39. The molecule has 17 heteroatoms.